The van der Waals surface area contributed by atoms with E-state index in [4.69, 9.17) is 4.74 Å². The Balaban J connectivity index is 2.41. The molecule has 6 nitrogen and oxygen atoms in total. The molecule has 2 aromatic heterocycles. The molecule has 6 heteroatoms. The van der Waals surface area contributed by atoms with Crippen LogP contribution in [-0.2, 0) is 0 Å². The summed E-state index contributed by atoms with van der Waals surface area (Å²) in [6, 6.07) is 1.70. The third kappa shape index (κ3) is 1.46. The van der Waals surface area contributed by atoms with Crippen LogP contribution in [-0.4, -0.2) is 27.6 Å². The Labute approximate surface area is 73.5 Å². The second-order valence-electron chi connectivity index (χ2n) is 2.27. The third-order valence-corrected chi connectivity index (χ3v) is 1.49. The van der Waals surface area contributed by atoms with Crippen LogP contribution in [0.2, 0.25) is 0 Å². The van der Waals surface area contributed by atoms with Gasteiger partial charge in [-0.2, -0.15) is 5.10 Å². The summed E-state index contributed by atoms with van der Waals surface area (Å²) in [5.74, 6) is 0.619. The van der Waals surface area contributed by atoms with Crippen molar-refractivity contribution >= 4 is 0 Å². The largest absolute Gasteiger partial charge is 0.495 e. The number of hydrogen-bond donors (Lipinski definition) is 0. The van der Waals surface area contributed by atoms with Crippen molar-refractivity contribution in [2.75, 3.05) is 7.11 Å². The maximum absolute atomic E-state index is 4.97. The predicted molar refractivity (Wildman–Crippen MR) is 41.9 cm³/mol. The van der Waals surface area contributed by atoms with Crippen LogP contribution in [0.15, 0.2) is 23.1 Å². The fourth-order valence-corrected chi connectivity index (χ4v) is 0.863. The average Bonchev–Trinajstić information content (AvgIpc) is 2.71. The van der Waals surface area contributed by atoms with Gasteiger partial charge >= 0.3 is 0 Å². The summed E-state index contributed by atoms with van der Waals surface area (Å²) in [4.78, 5) is 0. The van der Waals surface area contributed by atoms with Gasteiger partial charge in [0.2, 0.25) is 0 Å². The standard InChI is InChI=1S/C7H6N4O2/c1-12-5-2-6(10-8-3-5)7-4-9-13-11-7/h2-4H,1H3. The van der Waals surface area contributed by atoms with Crippen molar-refractivity contribution in [2.45, 2.75) is 0 Å². The Morgan fingerprint density at radius 1 is 1.31 bits per heavy atom. The van der Waals surface area contributed by atoms with E-state index in [2.05, 4.69) is 25.1 Å². The molecule has 2 aromatic rings. The van der Waals surface area contributed by atoms with Crippen molar-refractivity contribution < 1.29 is 9.37 Å². The molecule has 0 saturated carbocycles. The van der Waals surface area contributed by atoms with E-state index < -0.39 is 0 Å². The highest BCUT2D eigenvalue weighted by Gasteiger charge is 2.05. The summed E-state index contributed by atoms with van der Waals surface area (Å²) in [5, 5.41) is 14.6. The number of nitrogens with zero attached hydrogens (tertiary/aromatic N) is 4. The van der Waals surface area contributed by atoms with Gasteiger partial charge in [-0.3, -0.25) is 0 Å². The zero-order valence-electron chi connectivity index (χ0n) is 6.84. The van der Waals surface area contributed by atoms with Crippen molar-refractivity contribution in [1.82, 2.24) is 20.5 Å². The summed E-state index contributed by atoms with van der Waals surface area (Å²) < 4.78 is 9.41. The van der Waals surface area contributed by atoms with Crippen LogP contribution in [0.1, 0.15) is 0 Å². The molecule has 0 aliphatic rings. The molecule has 0 spiro atoms. The van der Waals surface area contributed by atoms with Gasteiger partial charge in [0.25, 0.3) is 0 Å². The molecule has 0 N–H and O–H groups in total. The Bertz CT molecular complexity index is 387. The molecule has 0 amide bonds. The molecule has 0 radical (unpaired) electrons. The minimum absolute atomic E-state index is 0.534. The van der Waals surface area contributed by atoms with Crippen molar-refractivity contribution in [1.29, 1.82) is 0 Å². The van der Waals surface area contributed by atoms with Gasteiger partial charge < -0.3 is 4.74 Å². The minimum Gasteiger partial charge on any atom is -0.495 e. The Morgan fingerprint density at radius 3 is 2.92 bits per heavy atom. The van der Waals surface area contributed by atoms with E-state index in [0.717, 1.165) is 0 Å². The van der Waals surface area contributed by atoms with E-state index in [1.165, 1.54) is 12.4 Å². The predicted octanol–water partition coefficient (Wildman–Crippen LogP) is 0.535. The molecule has 0 unspecified atom stereocenters. The van der Waals surface area contributed by atoms with E-state index in [0.29, 0.717) is 17.1 Å². The minimum atomic E-state index is 0.534. The molecule has 66 valence electrons. The second kappa shape index (κ2) is 3.18. The summed E-state index contributed by atoms with van der Waals surface area (Å²) in [5.41, 5.74) is 1.10. The van der Waals surface area contributed by atoms with E-state index >= 15 is 0 Å². The first-order valence-electron chi connectivity index (χ1n) is 3.55. The van der Waals surface area contributed by atoms with Gasteiger partial charge in [0.15, 0.2) is 5.69 Å². The molecular weight excluding hydrogens is 172 g/mol. The van der Waals surface area contributed by atoms with E-state index in [1.54, 1.807) is 13.2 Å². The lowest BCUT2D eigenvalue weighted by Crippen LogP contribution is -1.90. The monoisotopic (exact) mass is 178 g/mol. The van der Waals surface area contributed by atoms with Gasteiger partial charge in [0.05, 0.1) is 13.3 Å². The van der Waals surface area contributed by atoms with E-state index in [1.807, 2.05) is 0 Å². The third-order valence-electron chi connectivity index (χ3n) is 1.49. The van der Waals surface area contributed by atoms with Crippen LogP contribution in [0.5, 0.6) is 5.75 Å². The lowest BCUT2D eigenvalue weighted by atomic mass is 10.3. The quantitative estimate of drug-likeness (QED) is 0.667. The Morgan fingerprint density at radius 2 is 2.23 bits per heavy atom. The normalized spacial score (nSPS) is 9.92. The second-order valence-corrected chi connectivity index (χ2v) is 2.27. The first-order valence-corrected chi connectivity index (χ1v) is 3.55. The summed E-state index contributed by atoms with van der Waals surface area (Å²) in [6.07, 6.45) is 2.97. The molecule has 2 heterocycles. The van der Waals surface area contributed by atoms with Gasteiger partial charge in [-0.1, -0.05) is 5.16 Å². The lowest BCUT2D eigenvalue weighted by molar-refractivity contribution is 0.308. The van der Waals surface area contributed by atoms with E-state index in [-0.39, 0.29) is 0 Å². The van der Waals surface area contributed by atoms with Crippen molar-refractivity contribution in [3.8, 4) is 17.1 Å². The fourth-order valence-electron chi connectivity index (χ4n) is 0.863. The number of aromatic nitrogens is 4. The highest BCUT2D eigenvalue weighted by molar-refractivity contribution is 5.52. The first kappa shape index (κ1) is 7.66. The molecule has 13 heavy (non-hydrogen) atoms. The topological polar surface area (TPSA) is 73.9 Å². The highest BCUT2D eigenvalue weighted by Crippen LogP contribution is 2.16. The number of ether oxygens (including phenoxy) is 1. The van der Waals surface area contributed by atoms with E-state index in [9.17, 15) is 0 Å². The van der Waals surface area contributed by atoms with Crippen LogP contribution in [0.3, 0.4) is 0 Å². The molecule has 0 aliphatic heterocycles. The molecule has 2 rings (SSSR count). The molecule has 0 saturated heterocycles. The van der Waals surface area contributed by atoms with Crippen LogP contribution in [0.4, 0.5) is 0 Å². The van der Waals surface area contributed by atoms with Crippen LogP contribution < -0.4 is 4.74 Å². The van der Waals surface area contributed by atoms with Gasteiger partial charge in [0, 0.05) is 6.07 Å². The van der Waals surface area contributed by atoms with Crippen LogP contribution in [0.25, 0.3) is 11.4 Å². The summed E-state index contributed by atoms with van der Waals surface area (Å²) in [6.45, 7) is 0. The number of methoxy groups -OCH3 is 1. The fraction of sp³-hybridized carbons (Fsp3) is 0.143. The Hall–Kier alpha value is -1.98. The Kier molecular flexibility index (Phi) is 1.87. The molecule has 0 aromatic carbocycles. The number of rotatable bonds is 2. The molecule has 0 atom stereocenters. The molecular formula is C7H6N4O2. The van der Waals surface area contributed by atoms with Crippen LogP contribution in [0, 0.1) is 0 Å². The van der Waals surface area contributed by atoms with Crippen molar-refractivity contribution in [3.05, 3.63) is 18.5 Å². The molecule has 0 aliphatic carbocycles. The molecule has 0 bridgehead atoms. The van der Waals surface area contributed by atoms with Gasteiger partial charge in [0.1, 0.15) is 17.6 Å². The first-order chi connectivity index (χ1) is 6.40. The van der Waals surface area contributed by atoms with Gasteiger partial charge in [-0.15, -0.1) is 5.10 Å². The number of hydrogen-bond acceptors (Lipinski definition) is 6. The summed E-state index contributed by atoms with van der Waals surface area (Å²) in [7, 11) is 1.56. The van der Waals surface area contributed by atoms with Crippen molar-refractivity contribution in [3.63, 3.8) is 0 Å². The average molecular weight is 178 g/mol. The maximum Gasteiger partial charge on any atom is 0.155 e. The smallest absolute Gasteiger partial charge is 0.155 e. The zero-order valence-corrected chi connectivity index (χ0v) is 6.84. The van der Waals surface area contributed by atoms with Gasteiger partial charge in [-0.25, -0.2) is 4.63 Å². The maximum atomic E-state index is 4.97. The summed E-state index contributed by atoms with van der Waals surface area (Å²) >= 11 is 0. The van der Waals surface area contributed by atoms with Crippen molar-refractivity contribution in [2.24, 2.45) is 0 Å². The SMILES string of the molecule is COc1cnnc(-c2cnon2)c1. The van der Waals surface area contributed by atoms with Crippen LogP contribution >= 0.6 is 0 Å². The highest BCUT2D eigenvalue weighted by atomic mass is 16.6. The van der Waals surface area contributed by atoms with Gasteiger partial charge in [-0.05, 0) is 5.16 Å². The molecule has 0 fully saturated rings. The zero-order chi connectivity index (χ0) is 9.10. The lowest BCUT2D eigenvalue weighted by Gasteiger charge is -1.97.